The molecule has 0 spiro atoms. The van der Waals surface area contributed by atoms with Gasteiger partial charge in [0.2, 0.25) is 0 Å². The summed E-state index contributed by atoms with van der Waals surface area (Å²) in [6, 6.07) is 3.57. The van der Waals surface area contributed by atoms with E-state index in [1.807, 2.05) is 10.5 Å². The molecule has 0 aromatic carbocycles. The number of fused-ring (bicyclic) bond motifs is 1. The topological polar surface area (TPSA) is 34.4 Å². The van der Waals surface area contributed by atoms with E-state index in [-0.39, 0.29) is 0 Å². The minimum absolute atomic E-state index is 0.526. The summed E-state index contributed by atoms with van der Waals surface area (Å²) in [5, 5.41) is 0.597. The fourth-order valence-electron chi connectivity index (χ4n) is 2.71. The van der Waals surface area contributed by atoms with E-state index in [1.54, 1.807) is 12.4 Å². The van der Waals surface area contributed by atoms with Crippen LogP contribution in [-0.4, -0.2) is 15.7 Å². The Hall–Kier alpha value is -1.35. The highest BCUT2D eigenvalue weighted by Gasteiger charge is 2.22. The van der Waals surface area contributed by atoms with Gasteiger partial charge in [0.15, 0.2) is 6.29 Å². The van der Waals surface area contributed by atoms with Crippen molar-refractivity contribution >= 4 is 23.4 Å². The van der Waals surface area contributed by atoms with Crippen LogP contribution in [0.5, 0.6) is 0 Å². The average molecular weight is 249 g/mol. The molecule has 1 aliphatic rings. The Labute approximate surface area is 104 Å². The maximum absolute atomic E-state index is 11.0. The van der Waals surface area contributed by atoms with E-state index >= 15 is 0 Å². The van der Waals surface area contributed by atoms with E-state index in [0.29, 0.717) is 16.6 Å². The number of hydrogen-bond donors (Lipinski definition) is 0. The molecule has 3 nitrogen and oxygen atoms in total. The smallest absolute Gasteiger partial charge is 0.166 e. The number of rotatable bonds is 2. The molecule has 1 saturated carbocycles. The second kappa shape index (κ2) is 4.15. The van der Waals surface area contributed by atoms with Gasteiger partial charge in [-0.15, -0.1) is 0 Å². The first kappa shape index (κ1) is 10.8. The lowest BCUT2D eigenvalue weighted by Crippen LogP contribution is -1.97. The summed E-state index contributed by atoms with van der Waals surface area (Å²) in [4.78, 5) is 15.5. The van der Waals surface area contributed by atoms with Gasteiger partial charge in [0.05, 0.1) is 16.9 Å². The predicted octanol–water partition coefficient (Wildman–Crippen LogP) is 3.46. The Balaban J connectivity index is 2.20. The van der Waals surface area contributed by atoms with Gasteiger partial charge >= 0.3 is 0 Å². The number of carbonyl (C=O) groups is 1. The Bertz CT molecular complexity index is 570. The van der Waals surface area contributed by atoms with Crippen LogP contribution in [0.2, 0.25) is 5.02 Å². The Morgan fingerprint density at radius 2 is 2.12 bits per heavy atom. The molecule has 0 bridgehead atoms. The molecule has 2 aromatic rings. The molecule has 0 saturated heterocycles. The van der Waals surface area contributed by atoms with Crippen LogP contribution in [0.4, 0.5) is 0 Å². The molecule has 2 heterocycles. The number of halogens is 1. The minimum Gasteiger partial charge on any atom is -0.296 e. The molecule has 0 radical (unpaired) electrons. The second-order valence-electron chi connectivity index (χ2n) is 4.58. The molecule has 1 fully saturated rings. The summed E-state index contributed by atoms with van der Waals surface area (Å²) in [6.07, 6.45) is 7.46. The van der Waals surface area contributed by atoms with E-state index in [9.17, 15) is 4.79 Å². The summed E-state index contributed by atoms with van der Waals surface area (Å²) in [5.41, 5.74) is 2.63. The first-order chi connectivity index (χ1) is 8.29. The third-order valence-corrected chi connectivity index (χ3v) is 3.75. The normalized spacial score (nSPS) is 16.8. The molecule has 4 heteroatoms. The quantitative estimate of drug-likeness (QED) is 0.763. The van der Waals surface area contributed by atoms with Crippen LogP contribution < -0.4 is 0 Å². The van der Waals surface area contributed by atoms with E-state index < -0.39 is 0 Å². The molecule has 88 valence electrons. The second-order valence-corrected chi connectivity index (χ2v) is 5.02. The third-order valence-electron chi connectivity index (χ3n) is 3.54. The van der Waals surface area contributed by atoms with Crippen LogP contribution in [-0.2, 0) is 0 Å². The van der Waals surface area contributed by atoms with Gasteiger partial charge in [-0.05, 0) is 25.0 Å². The number of imidazole rings is 1. The maximum Gasteiger partial charge on any atom is 0.166 e. The van der Waals surface area contributed by atoms with Gasteiger partial charge in [-0.3, -0.25) is 9.20 Å². The highest BCUT2D eigenvalue weighted by Crippen LogP contribution is 2.35. The summed E-state index contributed by atoms with van der Waals surface area (Å²) in [6.45, 7) is 0. The van der Waals surface area contributed by atoms with Crippen molar-refractivity contribution in [3.05, 3.63) is 34.9 Å². The highest BCUT2D eigenvalue weighted by molar-refractivity contribution is 6.31. The van der Waals surface area contributed by atoms with Crippen molar-refractivity contribution in [2.24, 2.45) is 0 Å². The van der Waals surface area contributed by atoms with Crippen molar-refractivity contribution in [1.29, 1.82) is 0 Å². The van der Waals surface area contributed by atoms with Crippen LogP contribution >= 0.6 is 11.6 Å². The molecule has 0 N–H and O–H groups in total. The van der Waals surface area contributed by atoms with Crippen molar-refractivity contribution in [2.75, 3.05) is 0 Å². The molecule has 1 aliphatic carbocycles. The standard InChI is InChI=1S/C13H13ClN2O/c14-10-5-11(7-17)16-8-15-13(12(16)6-10)9-3-1-2-4-9/h5-9H,1-4H2. The first-order valence-electron chi connectivity index (χ1n) is 5.91. The zero-order valence-electron chi connectivity index (χ0n) is 9.40. The predicted molar refractivity (Wildman–Crippen MR) is 66.8 cm³/mol. The monoisotopic (exact) mass is 248 g/mol. The average Bonchev–Trinajstić information content (AvgIpc) is 2.94. The summed E-state index contributed by atoms with van der Waals surface area (Å²) in [5.74, 6) is 0.526. The summed E-state index contributed by atoms with van der Waals surface area (Å²) < 4.78 is 1.83. The fraction of sp³-hybridized carbons (Fsp3) is 0.385. The van der Waals surface area contributed by atoms with Crippen molar-refractivity contribution in [2.45, 2.75) is 31.6 Å². The molecule has 0 atom stereocenters. The molecule has 0 unspecified atom stereocenters. The van der Waals surface area contributed by atoms with E-state index in [2.05, 4.69) is 4.98 Å². The van der Waals surface area contributed by atoms with Gasteiger partial charge < -0.3 is 0 Å². The van der Waals surface area contributed by atoms with Gasteiger partial charge in [0.25, 0.3) is 0 Å². The zero-order chi connectivity index (χ0) is 11.8. The van der Waals surface area contributed by atoms with Crippen LogP contribution in [0.25, 0.3) is 5.52 Å². The van der Waals surface area contributed by atoms with Gasteiger partial charge in [0.1, 0.15) is 6.33 Å². The first-order valence-corrected chi connectivity index (χ1v) is 6.29. The number of pyridine rings is 1. The molecule has 0 amide bonds. The fourth-order valence-corrected chi connectivity index (χ4v) is 2.92. The number of aromatic nitrogens is 2. The van der Waals surface area contributed by atoms with E-state index in [4.69, 9.17) is 11.6 Å². The SMILES string of the molecule is O=Cc1cc(Cl)cc2c(C3CCCC3)ncn12. The largest absolute Gasteiger partial charge is 0.296 e. The summed E-state index contributed by atoms with van der Waals surface area (Å²) in [7, 11) is 0. The Kier molecular flexibility index (Phi) is 2.63. The van der Waals surface area contributed by atoms with Crippen molar-refractivity contribution in [1.82, 2.24) is 9.38 Å². The lowest BCUT2D eigenvalue weighted by atomic mass is 10.0. The van der Waals surface area contributed by atoms with Crippen molar-refractivity contribution < 1.29 is 4.79 Å². The van der Waals surface area contributed by atoms with Crippen molar-refractivity contribution in [3.63, 3.8) is 0 Å². The van der Waals surface area contributed by atoms with Crippen LogP contribution in [0, 0.1) is 0 Å². The lowest BCUT2D eigenvalue weighted by molar-refractivity contribution is 0.111. The Morgan fingerprint density at radius 3 is 2.82 bits per heavy atom. The van der Waals surface area contributed by atoms with E-state index in [1.165, 1.54) is 25.7 Å². The lowest BCUT2D eigenvalue weighted by Gasteiger charge is -2.07. The van der Waals surface area contributed by atoms with Gasteiger partial charge in [-0.2, -0.15) is 0 Å². The highest BCUT2D eigenvalue weighted by atomic mass is 35.5. The number of aldehydes is 1. The number of nitrogens with zero attached hydrogens (tertiary/aromatic N) is 2. The minimum atomic E-state index is 0.526. The molecule has 17 heavy (non-hydrogen) atoms. The van der Waals surface area contributed by atoms with Crippen LogP contribution in [0.3, 0.4) is 0 Å². The molecule has 3 rings (SSSR count). The third kappa shape index (κ3) is 1.75. The van der Waals surface area contributed by atoms with Gasteiger partial charge in [-0.25, -0.2) is 4.98 Å². The maximum atomic E-state index is 11.0. The molecule has 2 aromatic heterocycles. The number of hydrogen-bond acceptors (Lipinski definition) is 2. The van der Waals surface area contributed by atoms with E-state index in [0.717, 1.165) is 17.5 Å². The number of carbonyl (C=O) groups excluding carboxylic acids is 1. The molecule has 0 aliphatic heterocycles. The Morgan fingerprint density at radius 1 is 1.35 bits per heavy atom. The van der Waals surface area contributed by atoms with Crippen LogP contribution in [0.1, 0.15) is 47.8 Å². The van der Waals surface area contributed by atoms with Crippen molar-refractivity contribution in [3.8, 4) is 0 Å². The summed E-state index contributed by atoms with van der Waals surface area (Å²) >= 11 is 6.04. The van der Waals surface area contributed by atoms with Gasteiger partial charge in [0, 0.05) is 10.9 Å². The molecular weight excluding hydrogens is 236 g/mol. The van der Waals surface area contributed by atoms with Crippen LogP contribution in [0.15, 0.2) is 18.5 Å². The van der Waals surface area contributed by atoms with Gasteiger partial charge in [-0.1, -0.05) is 24.4 Å². The molecular formula is C13H13ClN2O. The zero-order valence-corrected chi connectivity index (χ0v) is 10.2.